The van der Waals surface area contributed by atoms with Crippen LogP contribution in [0.3, 0.4) is 0 Å². The van der Waals surface area contributed by atoms with Crippen molar-refractivity contribution in [3.63, 3.8) is 0 Å². The Labute approximate surface area is 89.7 Å². The monoisotopic (exact) mass is 278 g/mol. The summed E-state index contributed by atoms with van der Waals surface area (Å²) in [5.41, 5.74) is 0. The molecule has 0 aromatic rings. The molecule has 1 N–H and O–H groups in total. The normalized spacial score (nSPS) is 10.0. The van der Waals surface area contributed by atoms with Gasteiger partial charge in [-0.3, -0.25) is 10.3 Å². The van der Waals surface area contributed by atoms with E-state index in [1.807, 2.05) is 0 Å². The quantitative estimate of drug-likeness (QED) is 0.446. The molecule has 0 heterocycles. The average Bonchev–Trinajstić information content (AvgIpc) is 0.722. The van der Waals surface area contributed by atoms with Crippen molar-refractivity contribution >= 4 is 58.2 Å². The van der Waals surface area contributed by atoms with Crippen LogP contribution in [0.2, 0.25) is 0 Å². The van der Waals surface area contributed by atoms with Crippen molar-refractivity contribution in [3.05, 3.63) is 0 Å². The first kappa shape index (κ1) is 11.2. The molecule has 0 aliphatic rings. The van der Waals surface area contributed by atoms with E-state index in [4.69, 9.17) is 13.7 Å². The molecule has 0 aliphatic carbocycles. The zero-order chi connectivity index (χ0) is 4.50. The van der Waals surface area contributed by atoms with Crippen LogP contribution in [-0.4, -0.2) is 61.6 Å². The van der Waals surface area contributed by atoms with E-state index < -0.39 is 20.1 Å². The van der Waals surface area contributed by atoms with Crippen LogP contribution in [0, 0.1) is 0 Å². The summed E-state index contributed by atoms with van der Waals surface area (Å²) in [6, 6.07) is 0. The summed E-state index contributed by atoms with van der Waals surface area (Å²) in [6.45, 7) is 0. The van der Waals surface area contributed by atoms with E-state index in [2.05, 4.69) is 0 Å². The van der Waals surface area contributed by atoms with Gasteiger partial charge < -0.3 is 0 Å². The Kier molecular flexibility index (Phi) is 7.98. The van der Waals surface area contributed by atoms with Crippen molar-refractivity contribution in [2.24, 2.45) is 0 Å². The first-order valence-corrected chi connectivity index (χ1v) is 4.24. The molecule has 0 fully saturated rings. The minimum atomic E-state index is -5.69. The van der Waals surface area contributed by atoms with Gasteiger partial charge in [-0.1, -0.05) is 0 Å². The zero-order valence-electron chi connectivity index (χ0n) is 2.05. The zero-order valence-corrected chi connectivity index (χ0v) is 4.21. The van der Waals surface area contributed by atoms with Crippen molar-refractivity contribution in [2.75, 3.05) is 0 Å². The third-order valence-corrected chi connectivity index (χ3v) is 0. The SMILES string of the molecule is [O-][I+3]([O-])([O-])O.[RbH]. The fourth-order valence-electron chi connectivity index (χ4n) is 0. The summed E-state index contributed by atoms with van der Waals surface area (Å²) >= 11 is -5.69. The predicted molar refractivity (Wildman–Crippen MR) is 9.37 cm³/mol. The van der Waals surface area contributed by atoms with Crippen LogP contribution in [-0.2, 0) is 0 Å². The molecule has 0 saturated heterocycles. The van der Waals surface area contributed by atoms with E-state index in [0.717, 1.165) is 0 Å². The Morgan fingerprint density at radius 2 is 1.17 bits per heavy atom. The van der Waals surface area contributed by atoms with Crippen LogP contribution < -0.4 is 30.4 Å². The van der Waals surface area contributed by atoms with E-state index in [1.165, 1.54) is 0 Å². The first-order valence-electron chi connectivity index (χ1n) is 0.632. The van der Waals surface area contributed by atoms with Gasteiger partial charge in [-0.25, -0.2) is 0 Å². The second-order valence-corrected chi connectivity index (χ2v) is 2.66. The molecule has 0 amide bonds. The third-order valence-electron chi connectivity index (χ3n) is 0. The van der Waals surface area contributed by atoms with Crippen molar-refractivity contribution in [2.45, 2.75) is 0 Å². The molecule has 0 saturated carbocycles. The molecular weight excluding hydrogens is 276 g/mol. The Balaban J connectivity index is 0. The Morgan fingerprint density at radius 1 is 1.17 bits per heavy atom. The topological polar surface area (TPSA) is 89.4 Å². The second kappa shape index (κ2) is 4.27. The maximum atomic E-state index is 8.73. The number of rotatable bonds is 0. The van der Waals surface area contributed by atoms with Gasteiger partial charge in [0.05, 0.1) is 0 Å². The molecule has 0 rings (SSSR count). The minimum absolute atomic E-state index is 0. The molecule has 0 aromatic heterocycles. The van der Waals surface area contributed by atoms with Crippen LogP contribution in [0.15, 0.2) is 0 Å². The van der Waals surface area contributed by atoms with Crippen molar-refractivity contribution in [1.29, 1.82) is 0 Å². The Morgan fingerprint density at radius 3 is 1.17 bits per heavy atom. The molecule has 0 aliphatic heterocycles. The van der Waals surface area contributed by atoms with Crippen LogP contribution in [0.1, 0.15) is 0 Å². The summed E-state index contributed by atoms with van der Waals surface area (Å²) in [5, 5.41) is 0. The summed E-state index contributed by atoms with van der Waals surface area (Å²) in [5.74, 6) is 0. The van der Waals surface area contributed by atoms with Crippen molar-refractivity contribution < 1.29 is 33.8 Å². The van der Waals surface area contributed by atoms with Crippen LogP contribution in [0.5, 0.6) is 0 Å². The standard InChI is InChI=1S/HIO4.Rb.H/c2-1(3,4)5;;/h2H;;. The summed E-state index contributed by atoms with van der Waals surface area (Å²) in [6.07, 6.45) is 0. The van der Waals surface area contributed by atoms with Crippen molar-refractivity contribution in [3.8, 4) is 0 Å². The van der Waals surface area contributed by atoms with E-state index in [-0.39, 0.29) is 58.2 Å². The Bertz CT molecular complexity index is 23.0. The van der Waals surface area contributed by atoms with Gasteiger partial charge >= 0.3 is 78.3 Å². The molecule has 34 valence electrons. The molecule has 0 spiro atoms. The third kappa shape index (κ3) is 32.7. The van der Waals surface area contributed by atoms with Gasteiger partial charge in [-0.05, 0) is 0 Å². The molecular formula is H2IO4Rb. The Hall–Kier alpha value is 2.38. The molecule has 0 radical (unpaired) electrons. The molecule has 4 nitrogen and oxygen atoms in total. The number of hydrogen-bond acceptors (Lipinski definition) is 4. The molecule has 0 bridgehead atoms. The first-order chi connectivity index (χ1) is 2.00. The van der Waals surface area contributed by atoms with Gasteiger partial charge in [0.25, 0.3) is 0 Å². The molecule has 6 heavy (non-hydrogen) atoms. The van der Waals surface area contributed by atoms with Crippen molar-refractivity contribution in [1.82, 2.24) is 0 Å². The van der Waals surface area contributed by atoms with E-state index in [1.54, 1.807) is 0 Å². The van der Waals surface area contributed by atoms with Gasteiger partial charge in [0.2, 0.25) is 0 Å². The van der Waals surface area contributed by atoms with Gasteiger partial charge in [0.1, 0.15) is 0 Å². The predicted octanol–water partition coefficient (Wildman–Crippen LogP) is -7.77. The van der Waals surface area contributed by atoms with Crippen LogP contribution >= 0.6 is 0 Å². The number of hydrogen-bond donors (Lipinski definition) is 1. The van der Waals surface area contributed by atoms with Gasteiger partial charge in [0.15, 0.2) is 0 Å². The molecule has 6 heteroatoms. The summed E-state index contributed by atoms with van der Waals surface area (Å²) in [7, 11) is 0. The van der Waals surface area contributed by atoms with Crippen LogP contribution in [0.4, 0.5) is 0 Å². The fraction of sp³-hybridized carbons (Fsp3) is 0. The second-order valence-electron chi connectivity index (χ2n) is 0.396. The molecule has 0 aromatic carbocycles. The van der Waals surface area contributed by atoms with E-state index >= 15 is 0 Å². The summed E-state index contributed by atoms with van der Waals surface area (Å²) in [4.78, 5) is 0. The van der Waals surface area contributed by atoms with E-state index in [0.29, 0.717) is 0 Å². The molecule has 0 atom stereocenters. The average molecular weight is 278 g/mol. The summed E-state index contributed by atoms with van der Waals surface area (Å²) < 4.78 is 33.2. The maximum absolute atomic E-state index is 8.73. The van der Waals surface area contributed by atoms with E-state index in [9.17, 15) is 0 Å². The van der Waals surface area contributed by atoms with Gasteiger partial charge in [-0.15, -0.1) is 0 Å². The number of halogens is 1. The fourth-order valence-corrected chi connectivity index (χ4v) is 0. The van der Waals surface area contributed by atoms with Gasteiger partial charge in [0, 0.05) is 3.44 Å². The van der Waals surface area contributed by atoms with Crippen LogP contribution in [0.25, 0.3) is 0 Å². The molecule has 0 unspecified atom stereocenters. The van der Waals surface area contributed by atoms with Gasteiger partial charge in [-0.2, -0.15) is 0 Å².